The second-order valence-corrected chi connectivity index (χ2v) is 5.26. The summed E-state index contributed by atoms with van der Waals surface area (Å²) in [4.78, 5) is 16.2. The van der Waals surface area contributed by atoms with Crippen molar-refractivity contribution in [3.8, 4) is 11.5 Å². The summed E-state index contributed by atoms with van der Waals surface area (Å²) in [6.07, 6.45) is 0. The largest absolute Gasteiger partial charge is 0.455 e. The smallest absolute Gasteiger partial charge is 0.339 e. The molecule has 4 nitrogen and oxygen atoms in total. The minimum atomic E-state index is -0.347. The zero-order valence-corrected chi connectivity index (χ0v) is 12.2. The Kier molecular flexibility index (Phi) is 3.83. The van der Waals surface area contributed by atoms with Gasteiger partial charge in [0.15, 0.2) is 0 Å². The van der Waals surface area contributed by atoms with E-state index >= 15 is 0 Å². The van der Waals surface area contributed by atoms with Crippen LogP contribution in [0, 0.1) is 6.92 Å². The van der Waals surface area contributed by atoms with Crippen molar-refractivity contribution in [2.24, 2.45) is 0 Å². The predicted molar refractivity (Wildman–Crippen MR) is 80.1 cm³/mol. The van der Waals surface area contributed by atoms with Gasteiger partial charge in [0.25, 0.3) is 0 Å². The highest BCUT2D eigenvalue weighted by molar-refractivity contribution is 7.08. The molecule has 0 aliphatic carbocycles. The molecule has 0 bridgehead atoms. The second kappa shape index (κ2) is 5.93. The summed E-state index contributed by atoms with van der Waals surface area (Å²) in [6, 6.07) is 11.4. The molecule has 0 saturated carbocycles. The van der Waals surface area contributed by atoms with E-state index in [9.17, 15) is 4.79 Å². The van der Waals surface area contributed by atoms with E-state index in [0.717, 1.165) is 5.56 Å². The quantitative estimate of drug-likeness (QED) is 0.681. The maximum absolute atomic E-state index is 11.8. The maximum atomic E-state index is 11.8. The Morgan fingerprint density at radius 3 is 2.81 bits per heavy atom. The lowest BCUT2D eigenvalue weighted by molar-refractivity contribution is 0.0467. The third-order valence-electron chi connectivity index (χ3n) is 3.01. The molecule has 21 heavy (non-hydrogen) atoms. The number of oxazole rings is 1. The first-order chi connectivity index (χ1) is 10.2. The molecule has 2 aromatic heterocycles. The Hall–Kier alpha value is -2.40. The Morgan fingerprint density at radius 2 is 2.10 bits per heavy atom. The minimum absolute atomic E-state index is 0.108. The molecule has 0 saturated heterocycles. The topological polar surface area (TPSA) is 52.3 Å². The number of thiophene rings is 1. The Labute approximate surface area is 126 Å². The summed E-state index contributed by atoms with van der Waals surface area (Å²) in [6.45, 7) is 1.92. The molecule has 0 aliphatic rings. The van der Waals surface area contributed by atoms with Crippen molar-refractivity contribution in [3.05, 3.63) is 64.2 Å². The molecular formula is C16H13NO3S. The van der Waals surface area contributed by atoms with E-state index in [1.165, 1.54) is 11.3 Å². The monoisotopic (exact) mass is 299 g/mol. The number of rotatable bonds is 4. The van der Waals surface area contributed by atoms with Crippen LogP contribution in [0.25, 0.3) is 11.5 Å². The number of esters is 1. The molecular weight excluding hydrogens is 286 g/mol. The lowest BCUT2D eigenvalue weighted by Gasteiger charge is -2.00. The van der Waals surface area contributed by atoms with Crippen LogP contribution in [0.15, 0.2) is 51.6 Å². The average Bonchev–Trinajstić information content (AvgIpc) is 3.16. The summed E-state index contributed by atoms with van der Waals surface area (Å²) < 4.78 is 10.9. The summed E-state index contributed by atoms with van der Waals surface area (Å²) in [7, 11) is 0. The highest BCUT2D eigenvalue weighted by Gasteiger charge is 2.14. The number of hydrogen-bond donors (Lipinski definition) is 0. The van der Waals surface area contributed by atoms with Gasteiger partial charge in [0, 0.05) is 10.9 Å². The van der Waals surface area contributed by atoms with E-state index < -0.39 is 0 Å². The average molecular weight is 299 g/mol. The van der Waals surface area contributed by atoms with E-state index in [0.29, 0.717) is 22.9 Å². The fourth-order valence-electron chi connectivity index (χ4n) is 1.86. The van der Waals surface area contributed by atoms with Gasteiger partial charge in [-0.05, 0) is 30.5 Å². The molecule has 3 aromatic rings. The molecule has 2 heterocycles. The molecule has 3 rings (SSSR count). The Balaban J connectivity index is 1.72. The molecule has 5 heteroatoms. The van der Waals surface area contributed by atoms with E-state index in [-0.39, 0.29) is 12.6 Å². The molecule has 0 aliphatic heterocycles. The first-order valence-corrected chi connectivity index (χ1v) is 7.39. The standard InChI is InChI=1S/C16H13NO3S/c1-11-14(9-19-16(18)13-7-8-21-10-13)17-15(20-11)12-5-3-2-4-6-12/h2-8,10H,9H2,1H3. The van der Waals surface area contributed by atoms with Crippen molar-refractivity contribution in [3.63, 3.8) is 0 Å². The van der Waals surface area contributed by atoms with E-state index in [2.05, 4.69) is 4.98 Å². The summed E-state index contributed by atoms with van der Waals surface area (Å²) >= 11 is 1.46. The van der Waals surface area contributed by atoms with Gasteiger partial charge < -0.3 is 9.15 Å². The van der Waals surface area contributed by atoms with Gasteiger partial charge in [-0.2, -0.15) is 11.3 Å². The van der Waals surface area contributed by atoms with Crippen molar-refractivity contribution >= 4 is 17.3 Å². The van der Waals surface area contributed by atoms with Crippen LogP contribution in [-0.2, 0) is 11.3 Å². The lowest BCUT2D eigenvalue weighted by atomic mass is 10.2. The molecule has 0 atom stereocenters. The van der Waals surface area contributed by atoms with Gasteiger partial charge in [-0.3, -0.25) is 0 Å². The Morgan fingerprint density at radius 1 is 1.29 bits per heavy atom. The predicted octanol–water partition coefficient (Wildman–Crippen LogP) is 4.07. The van der Waals surface area contributed by atoms with E-state index in [4.69, 9.17) is 9.15 Å². The Bertz CT molecular complexity index is 732. The van der Waals surface area contributed by atoms with Crippen LogP contribution in [0.2, 0.25) is 0 Å². The van der Waals surface area contributed by atoms with Crippen molar-refractivity contribution < 1.29 is 13.9 Å². The van der Waals surface area contributed by atoms with Gasteiger partial charge in [-0.1, -0.05) is 18.2 Å². The summed E-state index contributed by atoms with van der Waals surface area (Å²) in [5.74, 6) is 0.849. The third-order valence-corrected chi connectivity index (χ3v) is 3.69. The fraction of sp³-hybridized carbons (Fsp3) is 0.125. The fourth-order valence-corrected chi connectivity index (χ4v) is 2.49. The zero-order chi connectivity index (χ0) is 14.7. The summed E-state index contributed by atoms with van der Waals surface area (Å²) in [5, 5.41) is 3.60. The van der Waals surface area contributed by atoms with Crippen molar-refractivity contribution in [1.82, 2.24) is 4.98 Å². The number of nitrogens with zero attached hydrogens (tertiary/aromatic N) is 1. The van der Waals surface area contributed by atoms with Gasteiger partial charge in [0.05, 0.1) is 5.56 Å². The lowest BCUT2D eigenvalue weighted by Crippen LogP contribution is -2.04. The molecule has 1 aromatic carbocycles. The number of carbonyl (C=O) groups excluding carboxylic acids is 1. The number of hydrogen-bond acceptors (Lipinski definition) is 5. The van der Waals surface area contributed by atoms with Crippen LogP contribution >= 0.6 is 11.3 Å². The number of aromatic nitrogens is 1. The molecule has 0 spiro atoms. The maximum Gasteiger partial charge on any atom is 0.339 e. The molecule has 0 unspecified atom stereocenters. The van der Waals surface area contributed by atoms with Crippen LogP contribution < -0.4 is 0 Å². The van der Waals surface area contributed by atoms with Crippen LogP contribution in [0.5, 0.6) is 0 Å². The van der Waals surface area contributed by atoms with Crippen molar-refractivity contribution in [2.45, 2.75) is 13.5 Å². The number of aryl methyl sites for hydroxylation is 1. The highest BCUT2D eigenvalue weighted by Crippen LogP contribution is 2.22. The van der Waals surface area contributed by atoms with Crippen molar-refractivity contribution in [1.29, 1.82) is 0 Å². The molecule has 0 radical (unpaired) electrons. The van der Waals surface area contributed by atoms with Gasteiger partial charge >= 0.3 is 5.97 Å². The van der Waals surface area contributed by atoms with Crippen LogP contribution in [0.3, 0.4) is 0 Å². The normalized spacial score (nSPS) is 10.5. The first kappa shape index (κ1) is 13.6. The van der Waals surface area contributed by atoms with E-state index in [1.807, 2.05) is 42.6 Å². The number of ether oxygens (including phenoxy) is 1. The molecule has 0 fully saturated rings. The van der Waals surface area contributed by atoms with Gasteiger partial charge in [0.1, 0.15) is 18.1 Å². The minimum Gasteiger partial charge on any atom is -0.455 e. The zero-order valence-electron chi connectivity index (χ0n) is 11.4. The first-order valence-electron chi connectivity index (χ1n) is 6.45. The van der Waals surface area contributed by atoms with Crippen LogP contribution in [0.1, 0.15) is 21.8 Å². The van der Waals surface area contributed by atoms with Gasteiger partial charge in [-0.15, -0.1) is 0 Å². The number of benzene rings is 1. The van der Waals surface area contributed by atoms with Crippen LogP contribution in [-0.4, -0.2) is 11.0 Å². The van der Waals surface area contributed by atoms with Gasteiger partial charge in [-0.25, -0.2) is 9.78 Å². The van der Waals surface area contributed by atoms with E-state index in [1.54, 1.807) is 11.4 Å². The second-order valence-electron chi connectivity index (χ2n) is 4.48. The number of carbonyl (C=O) groups is 1. The third kappa shape index (κ3) is 3.03. The van der Waals surface area contributed by atoms with Gasteiger partial charge in [0.2, 0.25) is 5.89 Å². The van der Waals surface area contributed by atoms with Crippen molar-refractivity contribution in [2.75, 3.05) is 0 Å². The molecule has 106 valence electrons. The summed E-state index contributed by atoms with van der Waals surface area (Å²) in [5.41, 5.74) is 2.10. The molecule has 0 N–H and O–H groups in total. The molecule has 0 amide bonds. The SMILES string of the molecule is Cc1oc(-c2ccccc2)nc1COC(=O)c1ccsc1. The van der Waals surface area contributed by atoms with Crippen LogP contribution in [0.4, 0.5) is 0 Å². The highest BCUT2D eigenvalue weighted by atomic mass is 32.1.